The van der Waals surface area contributed by atoms with Gasteiger partial charge in [0.2, 0.25) is 5.95 Å². The van der Waals surface area contributed by atoms with Crippen LogP contribution in [0.1, 0.15) is 42.0 Å². The van der Waals surface area contributed by atoms with E-state index in [-0.39, 0.29) is 11.5 Å². The zero-order chi connectivity index (χ0) is 22.4. The molecular weight excluding hydrogens is 413 g/mol. The average molecular weight is 440 g/mol. The second kappa shape index (κ2) is 10.3. The van der Waals surface area contributed by atoms with Crippen molar-refractivity contribution in [2.45, 2.75) is 34.1 Å². The molecule has 0 spiro atoms. The predicted octanol–water partition coefficient (Wildman–Crippen LogP) is 5.53. The van der Waals surface area contributed by atoms with Crippen molar-refractivity contribution in [3.05, 3.63) is 64.7 Å². The number of allylic oxidation sites excluding steroid dienone is 1. The van der Waals surface area contributed by atoms with Gasteiger partial charge in [-0.05, 0) is 51.5 Å². The molecule has 3 aromatic rings. The lowest BCUT2D eigenvalue weighted by Gasteiger charge is -2.19. The molecule has 0 aliphatic heterocycles. The number of thiazole rings is 1. The van der Waals surface area contributed by atoms with Crippen LogP contribution in [0.3, 0.4) is 0 Å². The molecule has 1 amide bonds. The van der Waals surface area contributed by atoms with Crippen LogP contribution in [0.5, 0.6) is 0 Å². The summed E-state index contributed by atoms with van der Waals surface area (Å²) in [6, 6.07) is 6.98. The van der Waals surface area contributed by atoms with Gasteiger partial charge in [0.1, 0.15) is 5.82 Å². The number of hydrogen-bond acceptors (Lipinski definition) is 6. The first-order valence-corrected chi connectivity index (χ1v) is 11.1. The number of nitrogens with one attached hydrogen (secondary N) is 1. The Bertz CT molecular complexity index is 1100. The number of pyridine rings is 2. The molecule has 0 bridgehead atoms. The summed E-state index contributed by atoms with van der Waals surface area (Å²) in [4.78, 5) is 27.2. The van der Waals surface area contributed by atoms with E-state index >= 15 is 0 Å². The van der Waals surface area contributed by atoms with Gasteiger partial charge >= 0.3 is 0 Å². The Morgan fingerprint density at radius 2 is 1.94 bits per heavy atom. The van der Waals surface area contributed by atoms with E-state index in [2.05, 4.69) is 20.3 Å². The van der Waals surface area contributed by atoms with Crippen molar-refractivity contribution in [3.63, 3.8) is 0 Å². The summed E-state index contributed by atoms with van der Waals surface area (Å²) in [5.41, 5.74) is 3.55. The molecule has 0 unspecified atom stereocenters. The van der Waals surface area contributed by atoms with Gasteiger partial charge < -0.3 is 10.2 Å². The lowest BCUT2D eigenvalue weighted by Crippen LogP contribution is -2.31. The highest BCUT2D eigenvalue weighted by molar-refractivity contribution is 7.14. The SMILES string of the molecule is CC/C=C\CN(CC)C(=O)c1ccc(Nc2nc(-c3ccc(C)nc3C)cs2)nc1F. The summed E-state index contributed by atoms with van der Waals surface area (Å²) in [5.74, 6) is -0.885. The molecule has 0 aliphatic carbocycles. The zero-order valence-electron chi connectivity index (χ0n) is 18.1. The van der Waals surface area contributed by atoms with E-state index in [9.17, 15) is 9.18 Å². The molecule has 0 atom stereocenters. The summed E-state index contributed by atoms with van der Waals surface area (Å²) in [6.07, 6.45) is 4.78. The zero-order valence-corrected chi connectivity index (χ0v) is 19.0. The molecular formula is C23H26FN5OS. The number of hydrogen-bond donors (Lipinski definition) is 1. The Labute approximate surface area is 185 Å². The smallest absolute Gasteiger partial charge is 0.258 e. The molecule has 1 N–H and O–H groups in total. The van der Waals surface area contributed by atoms with E-state index in [1.165, 1.54) is 17.4 Å². The van der Waals surface area contributed by atoms with Crippen LogP contribution in [0.15, 0.2) is 41.8 Å². The van der Waals surface area contributed by atoms with Gasteiger partial charge in [0, 0.05) is 35.4 Å². The van der Waals surface area contributed by atoms with Gasteiger partial charge in [-0.2, -0.15) is 4.39 Å². The number of rotatable bonds is 8. The highest BCUT2D eigenvalue weighted by atomic mass is 32.1. The fourth-order valence-corrected chi connectivity index (χ4v) is 3.80. The van der Waals surface area contributed by atoms with Crippen molar-refractivity contribution in [2.24, 2.45) is 0 Å². The standard InChI is InChI=1S/C23H26FN5OS/c1-5-7-8-13-29(6-2)22(30)18-11-12-20(27-21(18)24)28-23-26-19(14-31-23)17-10-9-15(3)25-16(17)4/h7-12,14H,5-6,13H2,1-4H3,(H,26,27,28)/b8-7-. The molecule has 0 aliphatic rings. The molecule has 0 saturated carbocycles. The second-order valence-electron chi connectivity index (χ2n) is 7.01. The van der Waals surface area contributed by atoms with Gasteiger partial charge in [0.25, 0.3) is 5.91 Å². The number of amides is 1. The maximum atomic E-state index is 14.6. The highest BCUT2D eigenvalue weighted by Gasteiger charge is 2.19. The summed E-state index contributed by atoms with van der Waals surface area (Å²) >= 11 is 1.39. The van der Waals surface area contributed by atoms with Crippen molar-refractivity contribution in [1.82, 2.24) is 19.9 Å². The molecule has 3 aromatic heterocycles. The van der Waals surface area contributed by atoms with Crippen LogP contribution in [0.2, 0.25) is 0 Å². The molecule has 0 radical (unpaired) electrons. The number of aromatic nitrogens is 3. The third kappa shape index (κ3) is 5.52. The highest BCUT2D eigenvalue weighted by Crippen LogP contribution is 2.28. The van der Waals surface area contributed by atoms with Crippen molar-refractivity contribution in [2.75, 3.05) is 18.4 Å². The van der Waals surface area contributed by atoms with Gasteiger partial charge in [-0.3, -0.25) is 9.78 Å². The van der Waals surface area contributed by atoms with E-state index in [1.54, 1.807) is 11.0 Å². The number of halogens is 1. The van der Waals surface area contributed by atoms with Gasteiger partial charge in [-0.15, -0.1) is 11.3 Å². The van der Waals surface area contributed by atoms with Gasteiger partial charge in [0.15, 0.2) is 5.13 Å². The number of nitrogens with zero attached hydrogens (tertiary/aromatic N) is 4. The van der Waals surface area contributed by atoms with Crippen LogP contribution in [0.25, 0.3) is 11.3 Å². The molecule has 3 heterocycles. The molecule has 3 rings (SSSR count). The number of carbonyl (C=O) groups excluding carboxylic acids is 1. The largest absolute Gasteiger partial charge is 0.335 e. The fourth-order valence-electron chi connectivity index (χ4n) is 3.08. The Balaban J connectivity index is 1.74. The molecule has 0 saturated heterocycles. The predicted molar refractivity (Wildman–Crippen MR) is 123 cm³/mol. The second-order valence-corrected chi connectivity index (χ2v) is 7.86. The van der Waals surface area contributed by atoms with Gasteiger partial charge in [0.05, 0.1) is 11.3 Å². The molecule has 6 nitrogen and oxygen atoms in total. The molecule has 0 aromatic carbocycles. The third-order valence-corrected chi connectivity index (χ3v) is 5.47. The van der Waals surface area contributed by atoms with Crippen molar-refractivity contribution in [1.29, 1.82) is 0 Å². The molecule has 8 heteroatoms. The van der Waals surface area contributed by atoms with E-state index in [4.69, 9.17) is 0 Å². The monoisotopic (exact) mass is 439 g/mol. The van der Waals surface area contributed by atoms with Crippen LogP contribution in [-0.2, 0) is 0 Å². The quantitative estimate of drug-likeness (QED) is 0.369. The minimum absolute atomic E-state index is 0.0431. The summed E-state index contributed by atoms with van der Waals surface area (Å²) in [6.45, 7) is 8.71. The Kier molecular flexibility index (Phi) is 7.46. The summed E-state index contributed by atoms with van der Waals surface area (Å²) < 4.78 is 14.6. The van der Waals surface area contributed by atoms with E-state index in [0.717, 1.165) is 29.1 Å². The Morgan fingerprint density at radius 3 is 2.61 bits per heavy atom. The molecule has 0 fully saturated rings. The van der Waals surface area contributed by atoms with Crippen molar-refractivity contribution in [3.8, 4) is 11.3 Å². The first-order valence-electron chi connectivity index (χ1n) is 10.2. The lowest BCUT2D eigenvalue weighted by molar-refractivity contribution is 0.0776. The number of carbonyl (C=O) groups is 1. The van der Waals surface area contributed by atoms with Gasteiger partial charge in [-0.25, -0.2) is 9.97 Å². The summed E-state index contributed by atoms with van der Waals surface area (Å²) in [7, 11) is 0. The Morgan fingerprint density at radius 1 is 1.13 bits per heavy atom. The van der Waals surface area contributed by atoms with Crippen LogP contribution in [-0.4, -0.2) is 38.8 Å². The maximum Gasteiger partial charge on any atom is 0.258 e. The van der Waals surface area contributed by atoms with Crippen molar-refractivity contribution < 1.29 is 9.18 Å². The molecule has 31 heavy (non-hydrogen) atoms. The fraction of sp³-hybridized carbons (Fsp3) is 0.304. The minimum Gasteiger partial charge on any atom is -0.335 e. The summed E-state index contributed by atoms with van der Waals surface area (Å²) in [5, 5.41) is 5.52. The lowest BCUT2D eigenvalue weighted by atomic mass is 10.1. The van der Waals surface area contributed by atoms with Crippen LogP contribution < -0.4 is 5.32 Å². The minimum atomic E-state index is -0.803. The van der Waals surface area contributed by atoms with Crippen LogP contribution >= 0.6 is 11.3 Å². The number of aryl methyl sites for hydroxylation is 2. The van der Waals surface area contributed by atoms with Crippen LogP contribution in [0.4, 0.5) is 15.3 Å². The van der Waals surface area contributed by atoms with Crippen molar-refractivity contribution >= 4 is 28.2 Å². The Hall–Kier alpha value is -3.13. The van der Waals surface area contributed by atoms with E-state index < -0.39 is 5.95 Å². The topological polar surface area (TPSA) is 71.0 Å². The van der Waals surface area contributed by atoms with Crippen LogP contribution in [0, 0.1) is 19.8 Å². The average Bonchev–Trinajstić information content (AvgIpc) is 3.19. The first-order chi connectivity index (χ1) is 14.9. The number of likely N-dealkylation sites (N-methyl/N-ethyl adjacent to an activating group) is 1. The maximum absolute atomic E-state index is 14.6. The normalized spacial score (nSPS) is 11.1. The third-order valence-electron chi connectivity index (χ3n) is 4.72. The molecule has 162 valence electrons. The van der Waals surface area contributed by atoms with E-state index in [0.29, 0.717) is 24.0 Å². The van der Waals surface area contributed by atoms with Gasteiger partial charge in [-0.1, -0.05) is 19.1 Å². The van der Waals surface area contributed by atoms with E-state index in [1.807, 2.05) is 57.4 Å². The number of anilines is 2. The first kappa shape index (κ1) is 22.6.